The molecule has 0 aromatic heterocycles. The molecule has 1 aliphatic heterocycles. The third-order valence-corrected chi connectivity index (χ3v) is 9.93. The van der Waals surface area contributed by atoms with Crippen LogP contribution in [0.3, 0.4) is 0 Å². The fourth-order valence-corrected chi connectivity index (χ4v) is 6.52. The van der Waals surface area contributed by atoms with Crippen LogP contribution >= 0.6 is 11.8 Å². The maximum Gasteiger partial charge on any atom is 0.241 e. The first-order valence-corrected chi connectivity index (χ1v) is 20.6. The summed E-state index contributed by atoms with van der Waals surface area (Å²) in [6.07, 6.45) is 0.117. The SMILES string of the molecule is NC(=O)C1NC(=O)CNC(=O)CNC(=O)CNC(=O)CNC(=O)CNC(=O)CNC(=O)CNC(=O)CNC(=O)CNC(=O)CNC(=O)CNC(=O)CSC1Cc1cccc2ccccc12. The molecule has 1 heterocycles. The first-order valence-electron chi connectivity index (χ1n) is 19.6. The molecule has 26 nitrogen and oxygen atoms in total. The maximum absolute atomic E-state index is 13.0. The van der Waals surface area contributed by atoms with E-state index in [0.717, 1.165) is 28.1 Å². The van der Waals surface area contributed by atoms with Gasteiger partial charge >= 0.3 is 0 Å². The number of carbonyl (C=O) groups excluding carboxylic acids is 13. The van der Waals surface area contributed by atoms with Crippen molar-refractivity contribution >= 4 is 99.3 Å². The van der Waals surface area contributed by atoms with E-state index in [4.69, 9.17) is 5.73 Å². The van der Waals surface area contributed by atoms with Gasteiger partial charge in [-0.25, -0.2) is 0 Å². The highest BCUT2D eigenvalue weighted by Gasteiger charge is 2.30. The zero-order chi connectivity index (χ0) is 47.7. The number of rotatable bonds is 3. The number of primary amides is 1. The van der Waals surface area contributed by atoms with Gasteiger partial charge in [-0.15, -0.1) is 11.8 Å². The predicted octanol–water partition coefficient (Wildman–Crippen LogP) is -8.25. The first kappa shape index (κ1) is 51.5. The van der Waals surface area contributed by atoms with Crippen molar-refractivity contribution in [3.63, 3.8) is 0 Å². The summed E-state index contributed by atoms with van der Waals surface area (Å²) in [7, 11) is 0. The maximum atomic E-state index is 13.0. The molecule has 0 aliphatic carbocycles. The second-order valence-corrected chi connectivity index (χ2v) is 14.9. The van der Waals surface area contributed by atoms with Crippen molar-refractivity contribution in [1.82, 2.24) is 63.8 Å². The van der Waals surface area contributed by atoms with E-state index in [-0.39, 0.29) is 12.2 Å². The Bertz CT molecular complexity index is 2150. The van der Waals surface area contributed by atoms with Crippen molar-refractivity contribution in [3.8, 4) is 0 Å². The summed E-state index contributed by atoms with van der Waals surface area (Å²) in [4.78, 5) is 160. The van der Waals surface area contributed by atoms with E-state index in [9.17, 15) is 62.3 Å². The van der Waals surface area contributed by atoms with Gasteiger partial charge in [0.15, 0.2) is 0 Å². The number of amides is 13. The molecular formula is C38H49N13O13S. The summed E-state index contributed by atoms with van der Waals surface area (Å²) >= 11 is 0.948. The van der Waals surface area contributed by atoms with Crippen LogP contribution in [-0.2, 0) is 68.7 Å². The molecule has 2 unspecified atom stereocenters. The van der Waals surface area contributed by atoms with Crippen LogP contribution in [0.1, 0.15) is 5.56 Å². The van der Waals surface area contributed by atoms with Gasteiger partial charge in [-0.3, -0.25) is 62.3 Å². The molecule has 2 atom stereocenters. The zero-order valence-corrected chi connectivity index (χ0v) is 35.5. The highest BCUT2D eigenvalue weighted by atomic mass is 32.2. The van der Waals surface area contributed by atoms with Crippen molar-refractivity contribution in [1.29, 1.82) is 0 Å². The zero-order valence-electron chi connectivity index (χ0n) is 34.7. The van der Waals surface area contributed by atoms with Crippen LogP contribution < -0.4 is 69.5 Å². The Morgan fingerprint density at radius 1 is 0.431 bits per heavy atom. The van der Waals surface area contributed by atoms with Crippen LogP contribution in [-0.4, -0.2) is 166 Å². The average molecular weight is 928 g/mol. The molecular weight excluding hydrogens is 879 g/mol. The van der Waals surface area contributed by atoms with Crippen molar-refractivity contribution < 1.29 is 62.3 Å². The lowest BCUT2D eigenvalue weighted by atomic mass is 9.98. The van der Waals surface area contributed by atoms with Gasteiger partial charge in [0.2, 0.25) is 76.8 Å². The molecule has 0 saturated carbocycles. The van der Waals surface area contributed by atoms with Crippen LogP contribution in [0.25, 0.3) is 10.8 Å². The summed E-state index contributed by atoms with van der Waals surface area (Å²) in [6.45, 7) is -6.56. The minimum atomic E-state index is -1.39. The molecule has 350 valence electrons. The van der Waals surface area contributed by atoms with Crippen molar-refractivity contribution in [3.05, 3.63) is 48.0 Å². The molecule has 13 amide bonds. The van der Waals surface area contributed by atoms with Crippen LogP contribution in [0.5, 0.6) is 0 Å². The summed E-state index contributed by atoms with van der Waals surface area (Å²) in [6, 6.07) is 11.4. The lowest BCUT2D eigenvalue weighted by molar-refractivity contribution is -0.130. The molecule has 1 aliphatic rings. The van der Waals surface area contributed by atoms with Crippen molar-refractivity contribution in [2.75, 3.05) is 77.7 Å². The predicted molar refractivity (Wildman–Crippen MR) is 228 cm³/mol. The fourth-order valence-electron chi connectivity index (χ4n) is 5.36. The van der Waals surface area contributed by atoms with E-state index >= 15 is 0 Å². The molecule has 3 rings (SSSR count). The number of fused-ring (bicyclic) bond motifs is 1. The number of benzene rings is 2. The van der Waals surface area contributed by atoms with Crippen LogP contribution in [0.2, 0.25) is 0 Å². The number of nitrogens with two attached hydrogens (primary N) is 1. The Kier molecular flexibility index (Phi) is 21.6. The van der Waals surface area contributed by atoms with E-state index in [1.165, 1.54) is 0 Å². The van der Waals surface area contributed by atoms with Gasteiger partial charge in [0.05, 0.1) is 77.7 Å². The van der Waals surface area contributed by atoms with Crippen molar-refractivity contribution in [2.45, 2.75) is 17.7 Å². The summed E-state index contributed by atoms with van der Waals surface area (Å²) < 4.78 is 0. The van der Waals surface area contributed by atoms with E-state index in [1.54, 1.807) is 12.1 Å². The number of thioether (sulfide) groups is 1. The molecule has 2 aromatic carbocycles. The van der Waals surface area contributed by atoms with Gasteiger partial charge < -0.3 is 69.5 Å². The smallest absolute Gasteiger partial charge is 0.241 e. The largest absolute Gasteiger partial charge is 0.368 e. The summed E-state index contributed by atoms with van der Waals surface area (Å²) in [5, 5.41) is 27.8. The molecule has 65 heavy (non-hydrogen) atoms. The topological polar surface area (TPSA) is 392 Å². The molecule has 0 bridgehead atoms. The normalized spacial score (nSPS) is 20.3. The molecule has 1 saturated heterocycles. The Morgan fingerprint density at radius 2 is 0.738 bits per heavy atom. The van der Waals surface area contributed by atoms with E-state index in [0.29, 0.717) is 0 Å². The summed E-state index contributed by atoms with van der Waals surface area (Å²) in [5.74, 6) is -10.8. The number of nitrogens with one attached hydrogen (secondary N) is 12. The second kappa shape index (κ2) is 27.3. The van der Waals surface area contributed by atoms with Crippen molar-refractivity contribution in [2.24, 2.45) is 5.73 Å². The van der Waals surface area contributed by atoms with E-state index < -0.39 is 160 Å². The van der Waals surface area contributed by atoms with Gasteiger partial charge in [-0.05, 0) is 22.8 Å². The monoisotopic (exact) mass is 927 g/mol. The van der Waals surface area contributed by atoms with Gasteiger partial charge in [0, 0.05) is 5.25 Å². The van der Waals surface area contributed by atoms with Gasteiger partial charge in [-0.1, -0.05) is 42.5 Å². The third-order valence-electron chi connectivity index (χ3n) is 8.63. The Morgan fingerprint density at radius 3 is 1.09 bits per heavy atom. The fraction of sp³-hybridized carbons (Fsp3) is 0.395. The summed E-state index contributed by atoms with van der Waals surface area (Å²) in [5.41, 5.74) is 6.49. The first-order chi connectivity index (χ1) is 31.0. The van der Waals surface area contributed by atoms with Crippen LogP contribution in [0.15, 0.2) is 42.5 Å². The quantitative estimate of drug-likeness (QED) is 0.136. The van der Waals surface area contributed by atoms with E-state index in [1.807, 2.05) is 30.3 Å². The third kappa shape index (κ3) is 20.7. The minimum absolute atomic E-state index is 0.117. The average Bonchev–Trinajstić information content (AvgIpc) is 3.29. The standard InChI is InChI=1S/C38H49N13O13S/c39-38(64)37-24(8-22-6-3-5-21-4-1-2-7-23(21)22)65-20-36(63)50-18-34(61)48-16-32(59)46-14-30(57)44-12-28(55)42-10-26(53)40-9-25(52)41-11-27(54)43-13-29(56)45-15-31(58)47-17-33(60)49-19-35(62)51-37/h1-7,24,37H,8-20H2,(H2,39,64)(H,40,53)(H,41,52)(H,42,55)(H,43,54)(H,44,57)(H,45,56)(H,46,59)(H,47,58)(H,48,61)(H,49,60)(H,50,63)(H,51,62). The second-order valence-electron chi connectivity index (χ2n) is 13.7. The molecule has 27 heteroatoms. The number of hydrogen-bond donors (Lipinski definition) is 13. The molecule has 0 radical (unpaired) electrons. The minimum Gasteiger partial charge on any atom is -0.368 e. The number of hydrogen-bond acceptors (Lipinski definition) is 14. The van der Waals surface area contributed by atoms with Gasteiger partial charge in [0.25, 0.3) is 0 Å². The number of carbonyl (C=O) groups is 13. The molecule has 0 spiro atoms. The highest BCUT2D eigenvalue weighted by Crippen LogP contribution is 2.25. The molecule has 2 aromatic rings. The van der Waals surface area contributed by atoms with Crippen LogP contribution in [0, 0.1) is 0 Å². The van der Waals surface area contributed by atoms with Crippen LogP contribution in [0.4, 0.5) is 0 Å². The Hall–Kier alpha value is -7.84. The lowest BCUT2D eigenvalue weighted by Gasteiger charge is -2.26. The van der Waals surface area contributed by atoms with E-state index in [2.05, 4.69) is 63.8 Å². The van der Waals surface area contributed by atoms with Gasteiger partial charge in [0.1, 0.15) is 6.04 Å². The van der Waals surface area contributed by atoms with Gasteiger partial charge in [-0.2, -0.15) is 0 Å². The molecule has 1 fully saturated rings. The Labute approximate surface area is 373 Å². The highest BCUT2D eigenvalue weighted by molar-refractivity contribution is 8.00. The Balaban J connectivity index is 1.66. The lowest BCUT2D eigenvalue weighted by Crippen LogP contribution is -2.54. The molecule has 14 N–H and O–H groups in total.